The molecule has 0 unspecified atom stereocenters. The summed E-state index contributed by atoms with van der Waals surface area (Å²) in [4.78, 5) is 32.3. The SMILES string of the molecule is N[C@@H](CCC(=O)O)C(=O)CN[C@@H](C[SeH])C(=O)O. The number of aliphatic carboxylic acids is 2. The van der Waals surface area contributed by atoms with Gasteiger partial charge in [-0.25, -0.2) is 0 Å². The number of carbonyl (C=O) groups excluding carboxylic acids is 1. The summed E-state index contributed by atoms with van der Waals surface area (Å²) in [6, 6.07) is -1.69. The summed E-state index contributed by atoms with van der Waals surface area (Å²) in [6.45, 7) is -0.171. The van der Waals surface area contributed by atoms with Crippen LogP contribution in [-0.2, 0) is 14.4 Å². The summed E-state index contributed by atoms with van der Waals surface area (Å²) >= 11 is 2.12. The molecule has 0 heterocycles. The van der Waals surface area contributed by atoms with Crippen LogP contribution in [0.2, 0.25) is 5.32 Å². The van der Waals surface area contributed by atoms with Crippen LogP contribution in [0.1, 0.15) is 12.8 Å². The molecule has 0 aliphatic heterocycles. The van der Waals surface area contributed by atoms with Gasteiger partial charge in [0.2, 0.25) is 0 Å². The van der Waals surface area contributed by atoms with E-state index in [0.717, 1.165) is 0 Å². The Labute approximate surface area is 107 Å². The molecule has 0 aromatic heterocycles. The van der Waals surface area contributed by atoms with Crippen molar-refractivity contribution < 1.29 is 24.6 Å². The molecule has 0 aliphatic rings. The molecule has 0 aliphatic carbocycles. The van der Waals surface area contributed by atoms with Gasteiger partial charge in [-0.2, -0.15) is 0 Å². The van der Waals surface area contributed by atoms with Gasteiger partial charge in [-0.05, 0) is 0 Å². The van der Waals surface area contributed by atoms with Gasteiger partial charge in [0.15, 0.2) is 0 Å². The molecule has 8 heteroatoms. The average Bonchev–Trinajstić information content (AvgIpc) is 2.25. The second kappa shape index (κ2) is 8.19. The molecule has 2 atom stereocenters. The third-order valence-corrected chi connectivity index (χ3v) is 2.85. The molecular weight excluding hydrogens is 295 g/mol. The number of ketones is 1. The van der Waals surface area contributed by atoms with E-state index in [2.05, 4.69) is 21.3 Å². The van der Waals surface area contributed by atoms with Gasteiger partial charge < -0.3 is 0 Å². The summed E-state index contributed by atoms with van der Waals surface area (Å²) in [6.07, 6.45) is -0.129. The van der Waals surface area contributed by atoms with Crippen LogP contribution in [0.5, 0.6) is 0 Å². The molecule has 0 saturated carbocycles. The number of hydrogen-bond acceptors (Lipinski definition) is 5. The van der Waals surface area contributed by atoms with Crippen LogP contribution >= 0.6 is 0 Å². The summed E-state index contributed by atoms with van der Waals surface area (Å²) in [5.74, 6) is -2.45. The monoisotopic (exact) mass is 312 g/mol. The number of carboxylic acids is 2. The first-order valence-corrected chi connectivity index (χ1v) is 6.28. The zero-order valence-electron chi connectivity index (χ0n) is 9.13. The standard InChI is InChI=1S/C9H16N2O5Se/c10-5(1-2-8(13)14)7(12)3-11-6(4-17)9(15)16/h5-6,11,17H,1-4,10H2,(H,13,14)(H,15,16)/t5-,6-/m0/s1. The van der Waals surface area contributed by atoms with Crippen molar-refractivity contribution >= 4 is 33.7 Å². The van der Waals surface area contributed by atoms with Gasteiger partial charge in [0.1, 0.15) is 0 Å². The Morgan fingerprint density at radius 3 is 2.29 bits per heavy atom. The molecule has 17 heavy (non-hydrogen) atoms. The first-order chi connectivity index (χ1) is 7.88. The van der Waals surface area contributed by atoms with Gasteiger partial charge in [0, 0.05) is 0 Å². The Balaban J connectivity index is 3.99. The molecule has 0 amide bonds. The minimum absolute atomic E-state index is 0.0514. The molecule has 0 spiro atoms. The van der Waals surface area contributed by atoms with Crippen molar-refractivity contribution in [3.63, 3.8) is 0 Å². The Bertz CT molecular complexity index is 297. The first-order valence-electron chi connectivity index (χ1n) is 4.95. The van der Waals surface area contributed by atoms with E-state index in [-0.39, 0.29) is 19.4 Å². The molecule has 0 rings (SSSR count). The van der Waals surface area contributed by atoms with E-state index in [1.54, 1.807) is 0 Å². The quantitative estimate of drug-likeness (QED) is 0.366. The summed E-state index contributed by atoms with van der Waals surface area (Å²) in [5, 5.41) is 20.0. The van der Waals surface area contributed by atoms with E-state index in [9.17, 15) is 14.4 Å². The van der Waals surface area contributed by atoms with Crippen LogP contribution in [-0.4, -0.2) is 62.6 Å². The van der Waals surface area contributed by atoms with Gasteiger partial charge in [-0.15, -0.1) is 0 Å². The Morgan fingerprint density at radius 2 is 1.88 bits per heavy atom. The summed E-state index contributed by atoms with van der Waals surface area (Å²) < 4.78 is 0. The van der Waals surface area contributed by atoms with Crippen LogP contribution in [0.25, 0.3) is 0 Å². The number of hydrogen-bond donors (Lipinski definition) is 4. The molecule has 0 radical (unpaired) electrons. The van der Waals surface area contributed by atoms with Crippen LogP contribution in [0, 0.1) is 0 Å². The normalized spacial score (nSPS) is 14.0. The first kappa shape index (κ1) is 16.0. The molecule has 7 nitrogen and oxygen atoms in total. The van der Waals surface area contributed by atoms with Crippen molar-refractivity contribution in [2.24, 2.45) is 5.73 Å². The second-order valence-corrected chi connectivity index (χ2v) is 4.23. The number of carbonyl (C=O) groups is 3. The predicted octanol–water partition coefficient (Wildman–Crippen LogP) is -1.89. The fraction of sp³-hybridized carbons (Fsp3) is 0.667. The van der Waals surface area contributed by atoms with Crippen molar-refractivity contribution in [3.05, 3.63) is 0 Å². The fourth-order valence-electron chi connectivity index (χ4n) is 1.02. The van der Waals surface area contributed by atoms with Crippen molar-refractivity contribution in [1.29, 1.82) is 0 Å². The van der Waals surface area contributed by atoms with Gasteiger partial charge in [-0.3, -0.25) is 0 Å². The zero-order valence-corrected chi connectivity index (χ0v) is 11.0. The molecular formula is C9H16N2O5Se. The number of carboxylic acid groups (broad SMARTS) is 2. The van der Waals surface area contributed by atoms with Crippen LogP contribution in [0.4, 0.5) is 0 Å². The summed E-state index contributed by atoms with van der Waals surface area (Å²) in [5.41, 5.74) is 5.47. The number of rotatable bonds is 9. The number of nitrogens with one attached hydrogen (secondary N) is 1. The van der Waals surface area contributed by atoms with Gasteiger partial charge in [0.25, 0.3) is 0 Å². The Hall–Kier alpha value is -0.951. The Morgan fingerprint density at radius 1 is 1.29 bits per heavy atom. The third kappa shape index (κ3) is 7.06. The summed E-state index contributed by atoms with van der Waals surface area (Å²) in [7, 11) is 0. The van der Waals surface area contributed by atoms with Crippen molar-refractivity contribution in [2.45, 2.75) is 30.2 Å². The molecule has 0 aromatic rings. The van der Waals surface area contributed by atoms with E-state index in [4.69, 9.17) is 15.9 Å². The predicted molar refractivity (Wildman–Crippen MR) is 61.2 cm³/mol. The van der Waals surface area contributed by atoms with Crippen molar-refractivity contribution in [2.75, 3.05) is 6.54 Å². The number of nitrogens with two attached hydrogens (primary N) is 1. The van der Waals surface area contributed by atoms with Gasteiger partial charge >= 0.3 is 106 Å². The minimum atomic E-state index is -1.04. The topological polar surface area (TPSA) is 130 Å². The fourth-order valence-corrected chi connectivity index (χ4v) is 1.62. The molecule has 0 bridgehead atoms. The maximum absolute atomic E-state index is 11.4. The molecule has 98 valence electrons. The third-order valence-electron chi connectivity index (χ3n) is 2.09. The molecule has 0 fully saturated rings. The maximum atomic E-state index is 11.4. The van der Waals surface area contributed by atoms with Crippen LogP contribution < -0.4 is 11.1 Å². The van der Waals surface area contributed by atoms with E-state index in [1.165, 1.54) is 0 Å². The molecule has 5 N–H and O–H groups in total. The van der Waals surface area contributed by atoms with Crippen molar-refractivity contribution in [1.82, 2.24) is 5.32 Å². The second-order valence-electron chi connectivity index (χ2n) is 3.46. The molecule has 0 aromatic carbocycles. The number of Topliss-reactive ketones (excluding diaryl/α,β-unsaturated/α-hetero) is 1. The van der Waals surface area contributed by atoms with E-state index in [0.29, 0.717) is 5.32 Å². The molecule has 0 saturated heterocycles. The van der Waals surface area contributed by atoms with Gasteiger partial charge in [0.05, 0.1) is 0 Å². The van der Waals surface area contributed by atoms with Gasteiger partial charge in [-0.1, -0.05) is 0 Å². The van der Waals surface area contributed by atoms with E-state index in [1.807, 2.05) is 0 Å². The van der Waals surface area contributed by atoms with Crippen molar-refractivity contribution in [3.8, 4) is 0 Å². The average molecular weight is 311 g/mol. The van der Waals surface area contributed by atoms with Crippen LogP contribution in [0.15, 0.2) is 0 Å². The Kier molecular flexibility index (Phi) is 7.73. The van der Waals surface area contributed by atoms with E-state index >= 15 is 0 Å². The van der Waals surface area contributed by atoms with E-state index < -0.39 is 29.8 Å². The van der Waals surface area contributed by atoms with Crippen LogP contribution in [0.3, 0.4) is 0 Å². The zero-order chi connectivity index (χ0) is 13.4.